The van der Waals surface area contributed by atoms with Gasteiger partial charge in [-0.1, -0.05) is 18.2 Å². The van der Waals surface area contributed by atoms with Crippen LogP contribution in [-0.2, 0) is 6.54 Å². The number of ether oxygens (including phenoxy) is 1. The second-order valence-corrected chi connectivity index (χ2v) is 6.27. The molecule has 1 heterocycles. The molecule has 2 amide bonds. The molecule has 0 aromatic heterocycles. The average molecular weight is 368 g/mol. The first-order valence-corrected chi connectivity index (χ1v) is 8.57. The van der Waals surface area contributed by atoms with Crippen LogP contribution >= 0.6 is 0 Å². The van der Waals surface area contributed by atoms with Crippen molar-refractivity contribution in [2.75, 3.05) is 25.1 Å². The second-order valence-electron chi connectivity index (χ2n) is 6.27. The molecule has 0 unspecified atom stereocenters. The highest BCUT2D eigenvalue weighted by Gasteiger charge is 2.30. The molecule has 0 saturated carbocycles. The van der Waals surface area contributed by atoms with Gasteiger partial charge in [-0.15, -0.1) is 0 Å². The lowest BCUT2D eigenvalue weighted by atomic mass is 10.0. The average Bonchev–Trinajstić information content (AvgIpc) is 3.04. The van der Waals surface area contributed by atoms with Crippen molar-refractivity contribution >= 4 is 24.1 Å². The zero-order valence-corrected chi connectivity index (χ0v) is 15.0. The predicted octanol–water partition coefficient (Wildman–Crippen LogP) is 3.66. The van der Waals surface area contributed by atoms with Gasteiger partial charge in [0.1, 0.15) is 11.6 Å². The van der Waals surface area contributed by atoms with Crippen LogP contribution < -0.4 is 9.64 Å². The molecule has 140 valence electrons. The number of anilines is 1. The summed E-state index contributed by atoms with van der Waals surface area (Å²) in [6.45, 7) is 1.47. The van der Waals surface area contributed by atoms with E-state index in [0.29, 0.717) is 25.3 Å². The van der Waals surface area contributed by atoms with E-state index in [4.69, 9.17) is 15.6 Å². The maximum Gasteiger partial charge on any atom is 0.324 e. The van der Waals surface area contributed by atoms with E-state index in [1.54, 1.807) is 18.1 Å². The SMILES string of the molecule is COc1cccc(CN2CCN(c3ccc(C(C=N)C=N)c(F)c3)C2=O)c1. The maximum atomic E-state index is 14.4. The standard InChI is InChI=1S/C20H21FN4O2/c1-27-17-4-2-3-14(9-17)13-24-7-8-25(20(24)26)16-5-6-18(19(21)10-16)15(11-22)12-23/h2-6,9-12,15,22-23H,7-8,13H2,1H3. The Morgan fingerprint density at radius 1 is 1.19 bits per heavy atom. The molecule has 6 nitrogen and oxygen atoms in total. The fourth-order valence-electron chi connectivity index (χ4n) is 3.14. The van der Waals surface area contributed by atoms with Crippen LogP contribution in [0, 0.1) is 16.6 Å². The van der Waals surface area contributed by atoms with E-state index in [9.17, 15) is 9.18 Å². The van der Waals surface area contributed by atoms with Gasteiger partial charge in [-0.3, -0.25) is 4.90 Å². The van der Waals surface area contributed by atoms with E-state index in [1.165, 1.54) is 17.0 Å². The Morgan fingerprint density at radius 3 is 2.63 bits per heavy atom. The van der Waals surface area contributed by atoms with Crippen molar-refractivity contribution in [3.8, 4) is 5.75 Å². The van der Waals surface area contributed by atoms with Gasteiger partial charge in [0.25, 0.3) is 0 Å². The van der Waals surface area contributed by atoms with E-state index in [0.717, 1.165) is 23.7 Å². The molecule has 7 heteroatoms. The molecule has 1 fully saturated rings. The molecule has 2 N–H and O–H groups in total. The number of halogens is 1. The molecule has 2 aromatic carbocycles. The van der Waals surface area contributed by atoms with Crippen LogP contribution in [0.2, 0.25) is 0 Å². The number of nitrogens with zero attached hydrogens (tertiary/aromatic N) is 2. The lowest BCUT2D eigenvalue weighted by molar-refractivity contribution is 0.218. The quantitative estimate of drug-likeness (QED) is 0.732. The maximum absolute atomic E-state index is 14.4. The molecule has 0 bridgehead atoms. The minimum atomic E-state index is -0.696. The van der Waals surface area contributed by atoms with Crippen LogP contribution in [0.5, 0.6) is 5.75 Å². The Bertz CT molecular complexity index is 863. The monoisotopic (exact) mass is 368 g/mol. The highest BCUT2D eigenvalue weighted by Crippen LogP contribution is 2.26. The third kappa shape index (κ3) is 3.81. The summed E-state index contributed by atoms with van der Waals surface area (Å²) in [6.07, 6.45) is 2.03. The van der Waals surface area contributed by atoms with Crippen molar-refractivity contribution in [3.63, 3.8) is 0 Å². The molecule has 0 atom stereocenters. The summed E-state index contributed by atoms with van der Waals surface area (Å²) in [5.74, 6) is -0.484. The second kappa shape index (κ2) is 7.99. The van der Waals surface area contributed by atoms with Gasteiger partial charge in [-0.05, 0) is 29.8 Å². The molecular weight excluding hydrogens is 347 g/mol. The zero-order chi connectivity index (χ0) is 19.4. The largest absolute Gasteiger partial charge is 0.497 e. The number of carbonyl (C=O) groups is 1. The van der Waals surface area contributed by atoms with Gasteiger partial charge in [-0.25, -0.2) is 9.18 Å². The fraction of sp³-hybridized carbons (Fsp3) is 0.250. The first kappa shape index (κ1) is 18.6. The van der Waals surface area contributed by atoms with Crippen molar-refractivity contribution in [1.82, 2.24) is 4.90 Å². The first-order valence-electron chi connectivity index (χ1n) is 8.57. The van der Waals surface area contributed by atoms with Crippen LogP contribution in [-0.4, -0.2) is 43.6 Å². The topological polar surface area (TPSA) is 80.5 Å². The number of benzene rings is 2. The normalized spacial score (nSPS) is 15.0. The summed E-state index contributed by atoms with van der Waals surface area (Å²) in [4.78, 5) is 16.0. The van der Waals surface area contributed by atoms with Gasteiger partial charge in [0.2, 0.25) is 0 Å². The van der Waals surface area contributed by atoms with Crippen molar-refractivity contribution in [2.24, 2.45) is 0 Å². The Labute approximate surface area is 157 Å². The number of nitrogens with one attached hydrogen (secondary N) is 2. The van der Waals surface area contributed by atoms with E-state index in [2.05, 4.69) is 0 Å². The molecule has 0 spiro atoms. The van der Waals surface area contributed by atoms with Crippen molar-refractivity contribution in [2.45, 2.75) is 12.5 Å². The van der Waals surface area contributed by atoms with Gasteiger partial charge in [-0.2, -0.15) is 0 Å². The number of methoxy groups -OCH3 is 1. The summed E-state index contributed by atoms with van der Waals surface area (Å²) in [5.41, 5.74) is 1.69. The van der Waals surface area contributed by atoms with Crippen LogP contribution in [0.4, 0.5) is 14.9 Å². The van der Waals surface area contributed by atoms with Crippen LogP contribution in [0.15, 0.2) is 42.5 Å². The molecule has 0 aliphatic carbocycles. The van der Waals surface area contributed by atoms with Gasteiger partial charge in [0.05, 0.1) is 13.0 Å². The number of amides is 2. The van der Waals surface area contributed by atoms with Gasteiger partial charge in [0.15, 0.2) is 0 Å². The number of urea groups is 1. The summed E-state index contributed by atoms with van der Waals surface area (Å²) < 4.78 is 19.6. The summed E-state index contributed by atoms with van der Waals surface area (Å²) in [7, 11) is 1.60. The molecule has 2 aromatic rings. The molecule has 27 heavy (non-hydrogen) atoms. The van der Waals surface area contributed by atoms with E-state index in [1.807, 2.05) is 24.3 Å². The Hall–Kier alpha value is -3.22. The van der Waals surface area contributed by atoms with Crippen LogP contribution in [0.3, 0.4) is 0 Å². The first-order chi connectivity index (χ1) is 13.1. The number of hydrogen-bond acceptors (Lipinski definition) is 4. The summed E-state index contributed by atoms with van der Waals surface area (Å²) >= 11 is 0. The zero-order valence-electron chi connectivity index (χ0n) is 15.0. The van der Waals surface area contributed by atoms with Crippen molar-refractivity contribution in [3.05, 3.63) is 59.4 Å². The van der Waals surface area contributed by atoms with Crippen LogP contribution in [0.25, 0.3) is 0 Å². The number of carbonyl (C=O) groups excluding carboxylic acids is 1. The highest BCUT2D eigenvalue weighted by molar-refractivity contribution is 5.94. The molecule has 3 rings (SSSR count). The minimum absolute atomic E-state index is 0.180. The lowest BCUT2D eigenvalue weighted by Gasteiger charge is -2.20. The molecule has 1 aliphatic heterocycles. The van der Waals surface area contributed by atoms with Gasteiger partial charge < -0.3 is 20.5 Å². The molecular formula is C20H21FN4O2. The van der Waals surface area contributed by atoms with Crippen molar-refractivity contribution in [1.29, 1.82) is 10.8 Å². The number of rotatable bonds is 7. The Balaban J connectivity index is 1.75. The van der Waals surface area contributed by atoms with Crippen LogP contribution in [0.1, 0.15) is 17.0 Å². The van der Waals surface area contributed by atoms with Gasteiger partial charge >= 0.3 is 6.03 Å². The van der Waals surface area contributed by atoms with E-state index in [-0.39, 0.29) is 11.6 Å². The molecule has 0 radical (unpaired) electrons. The molecule has 1 saturated heterocycles. The summed E-state index contributed by atoms with van der Waals surface area (Å²) in [6, 6.07) is 11.9. The smallest absolute Gasteiger partial charge is 0.324 e. The molecule has 1 aliphatic rings. The third-order valence-corrected chi connectivity index (χ3v) is 4.62. The summed E-state index contributed by atoms with van der Waals surface area (Å²) in [5, 5.41) is 14.6. The Morgan fingerprint density at radius 2 is 1.96 bits per heavy atom. The number of hydrogen-bond donors (Lipinski definition) is 2. The van der Waals surface area contributed by atoms with Crippen molar-refractivity contribution < 1.29 is 13.9 Å². The predicted molar refractivity (Wildman–Crippen MR) is 103 cm³/mol. The highest BCUT2D eigenvalue weighted by atomic mass is 19.1. The van der Waals surface area contributed by atoms with E-state index >= 15 is 0 Å². The third-order valence-electron chi connectivity index (χ3n) is 4.62. The Kier molecular flexibility index (Phi) is 5.49. The minimum Gasteiger partial charge on any atom is -0.497 e. The van der Waals surface area contributed by atoms with Gasteiger partial charge in [0, 0.05) is 43.3 Å². The van der Waals surface area contributed by atoms with E-state index < -0.39 is 11.7 Å². The lowest BCUT2D eigenvalue weighted by Crippen LogP contribution is -2.31. The fourth-order valence-corrected chi connectivity index (χ4v) is 3.14.